The van der Waals surface area contributed by atoms with Gasteiger partial charge in [-0.1, -0.05) is 12.1 Å². The molecule has 1 aliphatic carbocycles. The van der Waals surface area contributed by atoms with Crippen LogP contribution in [0.15, 0.2) is 24.3 Å². The Labute approximate surface area is 111 Å². The van der Waals surface area contributed by atoms with Crippen molar-refractivity contribution in [3.8, 4) is 6.07 Å². The third-order valence-corrected chi connectivity index (χ3v) is 2.90. The van der Waals surface area contributed by atoms with Gasteiger partial charge in [-0.15, -0.1) is 0 Å². The first-order chi connectivity index (χ1) is 9.19. The predicted octanol–water partition coefficient (Wildman–Crippen LogP) is 1.56. The molecular weight excluding hydrogens is 242 g/mol. The van der Waals surface area contributed by atoms with Crippen LogP contribution in [0.25, 0.3) is 0 Å². The Hall–Kier alpha value is -2.35. The number of hydrogen-bond acceptors (Lipinski definition) is 3. The van der Waals surface area contributed by atoms with Crippen LogP contribution in [0.5, 0.6) is 0 Å². The van der Waals surface area contributed by atoms with Crippen LogP contribution in [-0.4, -0.2) is 11.8 Å². The molecule has 0 heterocycles. The quantitative estimate of drug-likeness (QED) is 0.839. The van der Waals surface area contributed by atoms with E-state index in [2.05, 4.69) is 10.6 Å². The molecule has 0 radical (unpaired) electrons. The molecular formula is C14H15N3O2. The number of rotatable bonds is 5. The lowest BCUT2D eigenvalue weighted by atomic mass is 10.2. The number of amides is 2. The van der Waals surface area contributed by atoms with Gasteiger partial charge in [0.15, 0.2) is 0 Å². The van der Waals surface area contributed by atoms with E-state index >= 15 is 0 Å². The average Bonchev–Trinajstić information content (AvgIpc) is 3.22. The van der Waals surface area contributed by atoms with Crippen LogP contribution in [0.2, 0.25) is 0 Å². The first-order valence-electron chi connectivity index (χ1n) is 6.22. The van der Waals surface area contributed by atoms with Gasteiger partial charge in [-0.25, -0.2) is 0 Å². The number of benzene rings is 1. The summed E-state index contributed by atoms with van der Waals surface area (Å²) in [5.41, 5.74) is 1.69. The zero-order valence-electron chi connectivity index (χ0n) is 10.5. The molecule has 1 aromatic carbocycles. The topological polar surface area (TPSA) is 82.0 Å². The van der Waals surface area contributed by atoms with E-state index in [1.165, 1.54) is 0 Å². The first kappa shape index (κ1) is 13.1. The van der Waals surface area contributed by atoms with Crippen LogP contribution in [0.1, 0.15) is 24.8 Å². The van der Waals surface area contributed by atoms with Crippen LogP contribution in [-0.2, 0) is 16.1 Å². The highest BCUT2D eigenvalue weighted by molar-refractivity contribution is 5.94. The van der Waals surface area contributed by atoms with Gasteiger partial charge in [0, 0.05) is 18.2 Å². The smallest absolute Gasteiger partial charge is 0.234 e. The average molecular weight is 257 g/mol. The fraction of sp³-hybridized carbons (Fsp3) is 0.357. The number of nitrogens with zero attached hydrogens (tertiary/aromatic N) is 1. The number of anilines is 1. The first-order valence-corrected chi connectivity index (χ1v) is 6.22. The van der Waals surface area contributed by atoms with Gasteiger partial charge in [0.1, 0.15) is 6.42 Å². The molecule has 2 rings (SSSR count). The van der Waals surface area contributed by atoms with Crippen molar-refractivity contribution in [3.63, 3.8) is 0 Å². The fourth-order valence-corrected chi connectivity index (χ4v) is 1.63. The lowest BCUT2D eigenvalue weighted by Gasteiger charge is -2.06. The summed E-state index contributed by atoms with van der Waals surface area (Å²) in [5, 5.41) is 13.8. The summed E-state index contributed by atoms with van der Waals surface area (Å²) in [7, 11) is 0. The molecule has 5 nitrogen and oxygen atoms in total. The molecule has 1 saturated carbocycles. The molecule has 2 amide bonds. The second-order valence-corrected chi connectivity index (χ2v) is 4.57. The molecule has 2 N–H and O–H groups in total. The Morgan fingerprint density at radius 1 is 1.26 bits per heavy atom. The van der Waals surface area contributed by atoms with Gasteiger partial charge >= 0.3 is 0 Å². The minimum atomic E-state index is -0.284. The van der Waals surface area contributed by atoms with Crippen LogP contribution >= 0.6 is 0 Å². The molecule has 0 aliphatic heterocycles. The fourth-order valence-electron chi connectivity index (χ4n) is 1.63. The van der Waals surface area contributed by atoms with E-state index in [-0.39, 0.29) is 24.2 Å². The van der Waals surface area contributed by atoms with E-state index in [1.807, 2.05) is 24.3 Å². The van der Waals surface area contributed by atoms with Gasteiger partial charge in [0.25, 0.3) is 0 Å². The van der Waals surface area contributed by atoms with E-state index in [9.17, 15) is 9.59 Å². The second kappa shape index (κ2) is 6.01. The minimum absolute atomic E-state index is 0.0788. The number of nitrogens with one attached hydrogen (secondary N) is 2. The molecule has 0 aromatic heterocycles. The zero-order chi connectivity index (χ0) is 13.7. The maximum Gasteiger partial charge on any atom is 0.234 e. The maximum atomic E-state index is 11.5. The Bertz CT molecular complexity index is 512. The maximum absolute atomic E-state index is 11.5. The molecule has 0 spiro atoms. The van der Waals surface area contributed by atoms with Crippen molar-refractivity contribution in [2.24, 2.45) is 5.92 Å². The summed E-state index contributed by atoms with van der Waals surface area (Å²) < 4.78 is 0. The van der Waals surface area contributed by atoms with E-state index in [0.29, 0.717) is 6.54 Å². The number of nitriles is 1. The molecule has 5 heteroatoms. The van der Waals surface area contributed by atoms with Gasteiger partial charge in [-0.3, -0.25) is 9.59 Å². The number of carbonyl (C=O) groups excluding carboxylic acids is 2. The van der Waals surface area contributed by atoms with Crippen molar-refractivity contribution in [2.75, 3.05) is 5.32 Å². The van der Waals surface area contributed by atoms with Gasteiger partial charge in [0.2, 0.25) is 11.8 Å². The van der Waals surface area contributed by atoms with Crippen LogP contribution < -0.4 is 10.6 Å². The second-order valence-electron chi connectivity index (χ2n) is 4.57. The Morgan fingerprint density at radius 2 is 1.95 bits per heavy atom. The highest BCUT2D eigenvalue weighted by Crippen LogP contribution is 2.30. The molecule has 0 atom stereocenters. The van der Waals surface area contributed by atoms with Gasteiger partial charge < -0.3 is 10.6 Å². The molecule has 98 valence electrons. The number of carbonyl (C=O) groups is 2. The standard InChI is InChI=1S/C14H15N3O2/c15-8-7-13(18)16-9-10-1-5-12(6-2-10)17-14(19)11-3-4-11/h1-2,5-6,11H,3-4,7,9H2,(H,16,18)(H,17,19). The molecule has 1 fully saturated rings. The van der Waals surface area contributed by atoms with Crippen molar-refractivity contribution in [1.29, 1.82) is 5.26 Å². The predicted molar refractivity (Wildman–Crippen MR) is 69.9 cm³/mol. The third kappa shape index (κ3) is 4.11. The Kier molecular flexibility index (Phi) is 4.14. The summed E-state index contributed by atoms with van der Waals surface area (Å²) in [5.74, 6) is -0.0198. The van der Waals surface area contributed by atoms with Crippen molar-refractivity contribution in [3.05, 3.63) is 29.8 Å². The Morgan fingerprint density at radius 3 is 2.53 bits per heavy atom. The Balaban J connectivity index is 1.82. The third-order valence-electron chi connectivity index (χ3n) is 2.90. The normalized spacial score (nSPS) is 13.4. The summed E-state index contributed by atoms with van der Waals surface area (Å²) in [6.45, 7) is 0.386. The molecule has 19 heavy (non-hydrogen) atoms. The highest BCUT2D eigenvalue weighted by atomic mass is 16.2. The van der Waals surface area contributed by atoms with Crippen molar-refractivity contribution < 1.29 is 9.59 Å². The van der Waals surface area contributed by atoms with Crippen molar-refractivity contribution >= 4 is 17.5 Å². The number of hydrogen-bond donors (Lipinski definition) is 2. The van der Waals surface area contributed by atoms with E-state index < -0.39 is 0 Å². The van der Waals surface area contributed by atoms with E-state index in [1.54, 1.807) is 6.07 Å². The lowest BCUT2D eigenvalue weighted by molar-refractivity contribution is -0.120. The molecule has 0 unspecified atom stereocenters. The van der Waals surface area contributed by atoms with Gasteiger partial charge in [-0.2, -0.15) is 5.26 Å². The molecule has 0 saturated heterocycles. The summed E-state index contributed by atoms with van der Waals surface area (Å²) in [4.78, 5) is 22.7. The van der Waals surface area contributed by atoms with Crippen molar-refractivity contribution in [2.45, 2.75) is 25.8 Å². The zero-order valence-corrected chi connectivity index (χ0v) is 10.5. The summed E-state index contributed by atoms with van der Waals surface area (Å²) in [6.07, 6.45) is 1.83. The van der Waals surface area contributed by atoms with Gasteiger partial charge in [-0.05, 0) is 30.5 Å². The van der Waals surface area contributed by atoms with E-state index in [4.69, 9.17) is 5.26 Å². The minimum Gasteiger partial charge on any atom is -0.351 e. The molecule has 1 aliphatic rings. The van der Waals surface area contributed by atoms with Crippen molar-refractivity contribution in [1.82, 2.24) is 5.32 Å². The van der Waals surface area contributed by atoms with E-state index in [0.717, 1.165) is 24.1 Å². The summed E-state index contributed by atoms with van der Waals surface area (Å²) >= 11 is 0. The van der Waals surface area contributed by atoms with Crippen LogP contribution in [0, 0.1) is 17.2 Å². The molecule has 1 aromatic rings. The van der Waals surface area contributed by atoms with Gasteiger partial charge in [0.05, 0.1) is 6.07 Å². The van der Waals surface area contributed by atoms with Crippen LogP contribution in [0.4, 0.5) is 5.69 Å². The highest BCUT2D eigenvalue weighted by Gasteiger charge is 2.29. The van der Waals surface area contributed by atoms with Crippen LogP contribution in [0.3, 0.4) is 0 Å². The monoisotopic (exact) mass is 257 g/mol. The molecule has 0 bridgehead atoms. The largest absolute Gasteiger partial charge is 0.351 e. The SMILES string of the molecule is N#CCC(=O)NCc1ccc(NC(=O)C2CC2)cc1. The lowest BCUT2D eigenvalue weighted by Crippen LogP contribution is -2.21. The summed E-state index contributed by atoms with van der Waals surface area (Å²) in [6, 6.07) is 9.10.